The van der Waals surface area contributed by atoms with Crippen LogP contribution in [0.15, 0.2) is 26.9 Å². The maximum Gasteiger partial charge on any atom is 0.276 e. The molecule has 1 aliphatic rings. The molecule has 0 atom stereocenters. The number of hydrogen-bond donors (Lipinski definition) is 1. The van der Waals surface area contributed by atoms with Crippen molar-refractivity contribution in [2.24, 2.45) is 4.99 Å². The number of aliphatic imine (C=N–C) groups is 1. The van der Waals surface area contributed by atoms with Crippen molar-refractivity contribution in [3.05, 3.63) is 29.0 Å². The summed E-state index contributed by atoms with van der Waals surface area (Å²) >= 11 is 2.94. The van der Waals surface area contributed by atoms with Gasteiger partial charge in [0, 0.05) is 11.1 Å². The summed E-state index contributed by atoms with van der Waals surface area (Å²) in [7, 11) is 0. The fourth-order valence-electron chi connectivity index (χ4n) is 1.61. The fourth-order valence-corrected chi connectivity index (χ4v) is 3.10. The number of carbonyl (C=O) groups is 1. The van der Waals surface area contributed by atoms with Crippen LogP contribution in [0.4, 0.5) is 0 Å². The average molecular weight is 293 g/mol. The van der Waals surface area contributed by atoms with E-state index in [9.17, 15) is 4.79 Å². The highest BCUT2D eigenvalue weighted by atomic mass is 32.2. The molecule has 0 unspecified atom stereocenters. The normalized spacial score (nSPS) is 14.5. The second-order valence-electron chi connectivity index (χ2n) is 3.94. The van der Waals surface area contributed by atoms with E-state index >= 15 is 0 Å². The van der Waals surface area contributed by atoms with Gasteiger partial charge >= 0.3 is 0 Å². The summed E-state index contributed by atoms with van der Waals surface area (Å²) in [6.07, 6.45) is 0. The number of hydrogen-bond acceptors (Lipinski definition) is 6. The van der Waals surface area contributed by atoms with E-state index in [4.69, 9.17) is 4.42 Å². The van der Waals surface area contributed by atoms with Gasteiger partial charge in [-0.25, -0.2) is 4.98 Å². The van der Waals surface area contributed by atoms with Gasteiger partial charge in [-0.1, -0.05) is 11.8 Å². The van der Waals surface area contributed by atoms with Gasteiger partial charge in [-0.3, -0.25) is 15.1 Å². The molecule has 3 heterocycles. The van der Waals surface area contributed by atoms with Crippen LogP contribution in [0.1, 0.15) is 16.2 Å². The van der Waals surface area contributed by atoms with Crippen LogP contribution in [-0.2, 0) is 0 Å². The molecule has 3 rings (SSSR count). The third-order valence-electron chi connectivity index (χ3n) is 2.49. The van der Waals surface area contributed by atoms with Gasteiger partial charge in [-0.05, 0) is 19.1 Å². The first-order valence-electron chi connectivity index (χ1n) is 5.73. The van der Waals surface area contributed by atoms with Crippen molar-refractivity contribution in [1.82, 2.24) is 10.3 Å². The van der Waals surface area contributed by atoms with Crippen LogP contribution in [0.5, 0.6) is 0 Å². The number of furan rings is 1. The third kappa shape index (κ3) is 2.71. The van der Waals surface area contributed by atoms with Crippen molar-refractivity contribution in [3.63, 3.8) is 0 Å². The molecule has 0 radical (unpaired) electrons. The topological polar surface area (TPSA) is 67.5 Å². The second-order valence-corrected chi connectivity index (χ2v) is 5.88. The molecular weight excluding hydrogens is 282 g/mol. The minimum atomic E-state index is -0.223. The molecule has 0 aromatic carbocycles. The Balaban J connectivity index is 1.75. The van der Waals surface area contributed by atoms with Crippen molar-refractivity contribution < 1.29 is 9.21 Å². The predicted octanol–water partition coefficient (Wildman–Crippen LogP) is 2.54. The van der Waals surface area contributed by atoms with Crippen LogP contribution < -0.4 is 5.32 Å². The standard InChI is InChI=1S/C12H11N3O2S2/c1-7-2-3-9(17-7)11-14-8(6-19-11)10(16)15-12-13-4-5-18-12/h2-3,6H,4-5H2,1H3,(H,13,15,16). The van der Waals surface area contributed by atoms with E-state index in [0.29, 0.717) is 21.6 Å². The van der Waals surface area contributed by atoms with Crippen molar-refractivity contribution in [2.75, 3.05) is 12.3 Å². The summed E-state index contributed by atoms with van der Waals surface area (Å²) in [5.74, 6) is 2.21. The van der Waals surface area contributed by atoms with Crippen molar-refractivity contribution in [3.8, 4) is 10.8 Å². The SMILES string of the molecule is Cc1ccc(-c2nc(C(=O)NC3=NCCS3)cs2)o1. The Bertz CT molecular complexity index is 645. The molecule has 0 spiro atoms. The van der Waals surface area contributed by atoms with E-state index in [0.717, 1.165) is 18.1 Å². The van der Waals surface area contributed by atoms with Crippen LogP contribution in [-0.4, -0.2) is 28.4 Å². The van der Waals surface area contributed by atoms with Gasteiger partial charge in [0.1, 0.15) is 11.5 Å². The molecule has 0 aliphatic carbocycles. The lowest BCUT2D eigenvalue weighted by Crippen LogP contribution is -2.27. The maximum atomic E-state index is 12.0. The molecule has 19 heavy (non-hydrogen) atoms. The number of aromatic nitrogens is 1. The van der Waals surface area contributed by atoms with Gasteiger partial charge in [0.05, 0.1) is 6.54 Å². The smallest absolute Gasteiger partial charge is 0.276 e. The third-order valence-corrected chi connectivity index (χ3v) is 4.24. The van der Waals surface area contributed by atoms with Crippen LogP contribution in [0.3, 0.4) is 0 Å². The lowest BCUT2D eigenvalue weighted by atomic mass is 10.4. The Morgan fingerprint density at radius 1 is 1.47 bits per heavy atom. The number of carbonyl (C=O) groups excluding carboxylic acids is 1. The lowest BCUT2D eigenvalue weighted by Gasteiger charge is -1.99. The van der Waals surface area contributed by atoms with Gasteiger partial charge in [0.25, 0.3) is 5.91 Å². The number of amidine groups is 1. The van der Waals surface area contributed by atoms with Gasteiger partial charge in [-0.2, -0.15) is 0 Å². The number of amides is 1. The first-order chi connectivity index (χ1) is 9.22. The van der Waals surface area contributed by atoms with E-state index in [-0.39, 0.29) is 5.91 Å². The van der Waals surface area contributed by atoms with Crippen LogP contribution >= 0.6 is 23.1 Å². The molecule has 7 heteroatoms. The zero-order valence-corrected chi connectivity index (χ0v) is 11.8. The number of rotatable bonds is 2. The molecule has 0 saturated heterocycles. The Morgan fingerprint density at radius 2 is 2.37 bits per heavy atom. The highest BCUT2D eigenvalue weighted by molar-refractivity contribution is 8.14. The number of nitrogens with zero attached hydrogens (tertiary/aromatic N) is 2. The summed E-state index contributed by atoms with van der Waals surface area (Å²) in [6.45, 7) is 2.63. The van der Waals surface area contributed by atoms with Crippen LogP contribution in [0.25, 0.3) is 10.8 Å². The summed E-state index contributed by atoms with van der Waals surface area (Å²) in [5.41, 5.74) is 0.393. The molecule has 98 valence electrons. The van der Waals surface area contributed by atoms with Gasteiger partial charge < -0.3 is 4.42 Å². The van der Waals surface area contributed by atoms with Gasteiger partial charge in [-0.15, -0.1) is 11.3 Å². The largest absolute Gasteiger partial charge is 0.459 e. The summed E-state index contributed by atoms with van der Waals surface area (Å²) in [6, 6.07) is 3.73. The quantitative estimate of drug-likeness (QED) is 0.924. The van der Waals surface area contributed by atoms with E-state index in [1.165, 1.54) is 11.3 Å². The van der Waals surface area contributed by atoms with E-state index in [2.05, 4.69) is 15.3 Å². The van der Waals surface area contributed by atoms with E-state index < -0.39 is 0 Å². The van der Waals surface area contributed by atoms with Crippen molar-refractivity contribution in [1.29, 1.82) is 0 Å². The molecule has 2 aromatic heterocycles. The second kappa shape index (κ2) is 5.18. The molecule has 5 nitrogen and oxygen atoms in total. The molecule has 2 aromatic rings. The lowest BCUT2D eigenvalue weighted by molar-refractivity contribution is 0.0974. The molecule has 0 bridgehead atoms. The highest BCUT2D eigenvalue weighted by Crippen LogP contribution is 2.25. The monoisotopic (exact) mass is 293 g/mol. The maximum absolute atomic E-state index is 12.0. The highest BCUT2D eigenvalue weighted by Gasteiger charge is 2.16. The minimum absolute atomic E-state index is 0.223. The Kier molecular flexibility index (Phi) is 3.39. The molecule has 1 N–H and O–H groups in total. The van der Waals surface area contributed by atoms with Crippen LogP contribution in [0.2, 0.25) is 0 Å². The van der Waals surface area contributed by atoms with Crippen molar-refractivity contribution in [2.45, 2.75) is 6.92 Å². The molecule has 0 saturated carbocycles. The number of thiazole rings is 1. The number of aryl methyl sites for hydroxylation is 1. The summed E-state index contributed by atoms with van der Waals surface area (Å²) < 4.78 is 5.48. The van der Waals surface area contributed by atoms with E-state index in [1.54, 1.807) is 17.1 Å². The number of nitrogens with one attached hydrogen (secondary N) is 1. The van der Waals surface area contributed by atoms with Crippen molar-refractivity contribution >= 4 is 34.2 Å². The average Bonchev–Trinajstić information content (AvgIpc) is 3.07. The minimum Gasteiger partial charge on any atom is -0.459 e. The summed E-state index contributed by atoms with van der Waals surface area (Å²) in [5, 5.41) is 5.86. The molecular formula is C12H11N3O2S2. The van der Waals surface area contributed by atoms with Gasteiger partial charge in [0.15, 0.2) is 15.9 Å². The van der Waals surface area contributed by atoms with E-state index in [1.807, 2.05) is 19.1 Å². The first-order valence-corrected chi connectivity index (χ1v) is 7.60. The molecule has 0 fully saturated rings. The number of thioether (sulfide) groups is 1. The Morgan fingerprint density at radius 3 is 3.05 bits per heavy atom. The fraction of sp³-hybridized carbons (Fsp3) is 0.250. The summed E-state index contributed by atoms with van der Waals surface area (Å²) in [4.78, 5) is 20.4. The Hall–Kier alpha value is -1.60. The predicted molar refractivity (Wildman–Crippen MR) is 76.8 cm³/mol. The zero-order chi connectivity index (χ0) is 13.2. The molecule has 1 aliphatic heterocycles. The van der Waals surface area contributed by atoms with Gasteiger partial charge in [0.2, 0.25) is 0 Å². The molecule has 1 amide bonds. The Labute approximate surface area is 118 Å². The van der Waals surface area contributed by atoms with Crippen LogP contribution in [0, 0.1) is 6.92 Å². The first kappa shape index (κ1) is 12.4. The zero-order valence-electron chi connectivity index (χ0n) is 10.2.